The molecule has 10 nitrogen and oxygen atoms in total. The van der Waals surface area contributed by atoms with Crippen LogP contribution in [0.4, 0.5) is 11.9 Å². The van der Waals surface area contributed by atoms with Crippen molar-refractivity contribution in [1.82, 2.24) is 29.9 Å². The largest absolute Gasteiger partial charge is 0.474 e. The summed E-state index contributed by atoms with van der Waals surface area (Å²) in [6.07, 6.45) is 2.77. The quantitative estimate of drug-likeness (QED) is 0.375. The number of nitrogen functional groups attached to an aromatic ring is 1. The number of carbonyl (C=O) groups is 1. The van der Waals surface area contributed by atoms with Crippen LogP contribution in [0.2, 0.25) is 5.02 Å². The number of nitrogens with one attached hydrogen (secondary N) is 2. The van der Waals surface area contributed by atoms with E-state index in [0.717, 1.165) is 0 Å². The van der Waals surface area contributed by atoms with Gasteiger partial charge in [0.1, 0.15) is 15.6 Å². The van der Waals surface area contributed by atoms with E-state index in [0.29, 0.717) is 16.2 Å². The average Bonchev–Trinajstić information content (AvgIpc) is 3.09. The summed E-state index contributed by atoms with van der Waals surface area (Å²) in [5, 5.41) is 3.03. The Morgan fingerprint density at radius 2 is 2.00 bits per heavy atom. The van der Waals surface area contributed by atoms with Crippen LogP contribution in [-0.2, 0) is 4.79 Å². The van der Waals surface area contributed by atoms with Crippen molar-refractivity contribution in [1.29, 1.82) is 0 Å². The molecule has 0 fully saturated rings. The van der Waals surface area contributed by atoms with E-state index in [1.807, 2.05) is 27.7 Å². The molecule has 29 heavy (non-hydrogen) atoms. The number of imidazole rings is 1. The molecule has 0 aliphatic carbocycles. The third-order valence-electron chi connectivity index (χ3n) is 3.67. The molecule has 0 saturated heterocycles. The highest BCUT2D eigenvalue weighted by Crippen LogP contribution is 2.32. The Morgan fingerprint density at radius 1 is 1.24 bits per heavy atom. The molecule has 3 rings (SSSR count). The number of aromatic nitrogens is 6. The lowest BCUT2D eigenvalue weighted by Crippen LogP contribution is -2.30. The van der Waals surface area contributed by atoms with Crippen molar-refractivity contribution in [2.45, 2.75) is 44.1 Å². The lowest BCUT2D eigenvalue weighted by Gasteiger charge is -2.19. The van der Waals surface area contributed by atoms with E-state index in [9.17, 15) is 4.79 Å². The van der Waals surface area contributed by atoms with Crippen LogP contribution in [0.1, 0.15) is 27.7 Å². The summed E-state index contributed by atoms with van der Waals surface area (Å²) < 4.78 is 5.54. The Hall–Kier alpha value is -2.66. The molecule has 0 unspecified atom stereocenters. The molecule has 1 atom stereocenters. The van der Waals surface area contributed by atoms with Gasteiger partial charge in [0.05, 0.1) is 23.9 Å². The van der Waals surface area contributed by atoms with Crippen molar-refractivity contribution in [2.24, 2.45) is 5.92 Å². The molecule has 0 aliphatic heterocycles. The molecule has 3 heterocycles. The highest BCUT2D eigenvalue weighted by molar-refractivity contribution is 8.00. The SMILES string of the molecule is CC(C)Oc1nc(NC(=O)[C@H](Sc2nc(N)nc3nc[nH]c23)C(C)C)ncc1Cl. The van der Waals surface area contributed by atoms with Gasteiger partial charge in [-0.05, 0) is 19.8 Å². The minimum Gasteiger partial charge on any atom is -0.474 e. The van der Waals surface area contributed by atoms with Crippen molar-refractivity contribution >= 4 is 52.3 Å². The van der Waals surface area contributed by atoms with E-state index < -0.39 is 5.25 Å². The van der Waals surface area contributed by atoms with Crippen molar-refractivity contribution in [3.05, 3.63) is 17.5 Å². The second-order valence-corrected chi connectivity index (χ2v) is 8.31. The van der Waals surface area contributed by atoms with Gasteiger partial charge in [0.25, 0.3) is 0 Å². The molecule has 0 radical (unpaired) electrons. The molecule has 0 saturated carbocycles. The summed E-state index contributed by atoms with van der Waals surface area (Å²) >= 11 is 7.32. The van der Waals surface area contributed by atoms with Gasteiger partial charge in [-0.25, -0.2) is 15.0 Å². The number of nitrogens with zero attached hydrogens (tertiary/aromatic N) is 5. The zero-order chi connectivity index (χ0) is 21.1. The number of nitrogens with two attached hydrogens (primary N) is 1. The fourth-order valence-electron chi connectivity index (χ4n) is 2.42. The van der Waals surface area contributed by atoms with E-state index in [-0.39, 0.29) is 40.7 Å². The first-order chi connectivity index (χ1) is 13.7. The standard InChI is InChI=1S/C17H21ClN8O2S/c1-7(2)11(29-15-10-12(22-6-21-10)23-16(19)26-15)13(27)24-17-20-5-9(18)14(25-17)28-8(3)4/h5-8,11H,1-4H3,(H,20,24,25,27)(H3,19,21,22,23,26)/t11-/m1/s1. The lowest BCUT2D eigenvalue weighted by molar-refractivity contribution is -0.116. The molecular weight excluding hydrogens is 416 g/mol. The predicted octanol–water partition coefficient (Wildman–Crippen LogP) is 2.92. The maximum atomic E-state index is 12.9. The number of ether oxygens (including phenoxy) is 1. The van der Waals surface area contributed by atoms with Gasteiger partial charge >= 0.3 is 0 Å². The van der Waals surface area contributed by atoms with Gasteiger partial charge in [-0.1, -0.05) is 37.2 Å². The molecule has 0 aliphatic rings. The van der Waals surface area contributed by atoms with E-state index >= 15 is 0 Å². The molecule has 12 heteroatoms. The average molecular weight is 437 g/mol. The number of aromatic amines is 1. The van der Waals surface area contributed by atoms with Crippen LogP contribution in [0.5, 0.6) is 5.88 Å². The summed E-state index contributed by atoms with van der Waals surface area (Å²) in [6, 6.07) is 0. The predicted molar refractivity (Wildman–Crippen MR) is 112 cm³/mol. The van der Waals surface area contributed by atoms with E-state index in [1.54, 1.807) is 0 Å². The van der Waals surface area contributed by atoms with Gasteiger partial charge in [-0.3, -0.25) is 10.1 Å². The zero-order valence-electron chi connectivity index (χ0n) is 16.3. The van der Waals surface area contributed by atoms with E-state index in [4.69, 9.17) is 22.1 Å². The van der Waals surface area contributed by atoms with Crippen LogP contribution < -0.4 is 15.8 Å². The van der Waals surface area contributed by atoms with Crippen LogP contribution >= 0.6 is 23.4 Å². The summed E-state index contributed by atoms with van der Waals surface area (Å²) in [5.74, 6) is 0.102. The third kappa shape index (κ3) is 5.04. The summed E-state index contributed by atoms with van der Waals surface area (Å²) in [4.78, 5) is 36.6. The topological polar surface area (TPSA) is 145 Å². The number of carbonyl (C=O) groups excluding carboxylic acids is 1. The van der Waals surface area contributed by atoms with Crippen molar-refractivity contribution in [3.63, 3.8) is 0 Å². The smallest absolute Gasteiger partial charge is 0.240 e. The maximum Gasteiger partial charge on any atom is 0.240 e. The van der Waals surface area contributed by atoms with Crippen LogP contribution in [-0.4, -0.2) is 47.2 Å². The van der Waals surface area contributed by atoms with Gasteiger partial charge < -0.3 is 15.5 Å². The fourth-order valence-corrected chi connectivity index (χ4v) is 3.65. The Kier molecular flexibility index (Phi) is 6.38. The number of hydrogen-bond donors (Lipinski definition) is 3. The minimum absolute atomic E-state index is 0.0205. The van der Waals surface area contributed by atoms with Crippen molar-refractivity contribution in [3.8, 4) is 5.88 Å². The number of anilines is 2. The molecule has 3 aromatic rings. The summed E-state index contributed by atoms with van der Waals surface area (Å²) in [5.41, 5.74) is 6.84. The lowest BCUT2D eigenvalue weighted by atomic mass is 10.1. The minimum atomic E-state index is -0.496. The molecule has 3 aromatic heterocycles. The van der Waals surface area contributed by atoms with Crippen LogP contribution in [0.15, 0.2) is 17.6 Å². The number of H-pyrrole nitrogens is 1. The molecule has 4 N–H and O–H groups in total. The van der Waals surface area contributed by atoms with Crippen LogP contribution in [0.3, 0.4) is 0 Å². The maximum absolute atomic E-state index is 12.9. The number of amides is 1. The number of halogens is 1. The number of fused-ring (bicyclic) bond motifs is 1. The summed E-state index contributed by atoms with van der Waals surface area (Å²) in [6.45, 7) is 7.57. The molecule has 1 amide bonds. The van der Waals surface area contributed by atoms with Gasteiger partial charge in [0.15, 0.2) is 5.65 Å². The molecule has 0 bridgehead atoms. The summed E-state index contributed by atoms with van der Waals surface area (Å²) in [7, 11) is 0. The number of hydrogen-bond acceptors (Lipinski definition) is 9. The highest BCUT2D eigenvalue weighted by Gasteiger charge is 2.27. The molecule has 154 valence electrons. The first-order valence-electron chi connectivity index (χ1n) is 8.88. The second kappa shape index (κ2) is 8.78. The van der Waals surface area contributed by atoms with Crippen molar-refractivity contribution in [2.75, 3.05) is 11.1 Å². The highest BCUT2D eigenvalue weighted by atomic mass is 35.5. The number of rotatable bonds is 7. The Labute approximate surface area is 176 Å². The van der Waals surface area contributed by atoms with Crippen LogP contribution in [0.25, 0.3) is 11.2 Å². The van der Waals surface area contributed by atoms with Gasteiger partial charge in [0.2, 0.25) is 23.7 Å². The molecular formula is C17H21ClN8O2S. The van der Waals surface area contributed by atoms with Crippen molar-refractivity contribution < 1.29 is 9.53 Å². The normalized spacial score (nSPS) is 12.5. The molecule has 0 spiro atoms. The second-order valence-electron chi connectivity index (χ2n) is 6.77. The Morgan fingerprint density at radius 3 is 2.69 bits per heavy atom. The van der Waals surface area contributed by atoms with Gasteiger partial charge in [-0.15, -0.1) is 0 Å². The third-order valence-corrected chi connectivity index (χ3v) is 5.46. The van der Waals surface area contributed by atoms with Gasteiger partial charge in [-0.2, -0.15) is 9.97 Å². The van der Waals surface area contributed by atoms with E-state index in [1.165, 1.54) is 24.3 Å². The van der Waals surface area contributed by atoms with E-state index in [2.05, 4.69) is 35.2 Å². The Bertz CT molecular complexity index is 1030. The molecule has 0 aromatic carbocycles. The first-order valence-corrected chi connectivity index (χ1v) is 10.1. The fraction of sp³-hybridized carbons (Fsp3) is 0.412. The monoisotopic (exact) mass is 436 g/mol. The first kappa shape index (κ1) is 21.1. The van der Waals surface area contributed by atoms with Crippen LogP contribution in [0, 0.1) is 5.92 Å². The number of thioether (sulfide) groups is 1. The zero-order valence-corrected chi connectivity index (χ0v) is 17.9. The van der Waals surface area contributed by atoms with Gasteiger partial charge in [0, 0.05) is 0 Å². The Balaban J connectivity index is 1.82.